The van der Waals surface area contributed by atoms with Gasteiger partial charge in [-0.15, -0.1) is 0 Å². The lowest BCUT2D eigenvalue weighted by Gasteiger charge is -2.14. The summed E-state index contributed by atoms with van der Waals surface area (Å²) in [5, 5.41) is 13.8. The Kier molecular flexibility index (Phi) is 5.01. The van der Waals surface area contributed by atoms with E-state index in [1.165, 1.54) is 12.4 Å². The molecule has 1 rings (SSSR count). The molecule has 1 aromatic heterocycles. The van der Waals surface area contributed by atoms with E-state index in [1.807, 2.05) is 6.92 Å². The first-order valence-electron chi connectivity index (χ1n) is 4.76. The summed E-state index contributed by atoms with van der Waals surface area (Å²) < 4.78 is 11.6. The van der Waals surface area contributed by atoms with Crippen LogP contribution >= 0.6 is 15.9 Å². The van der Waals surface area contributed by atoms with Crippen LogP contribution in [-0.2, 0) is 10.8 Å². The molecule has 0 aliphatic carbocycles. The Morgan fingerprint density at radius 2 is 2.29 bits per heavy atom. The smallest absolute Gasteiger partial charge is 0.311 e. The molecule has 1 aromatic rings. The maximum Gasteiger partial charge on any atom is 0.311 e. The molecule has 0 saturated heterocycles. The van der Waals surface area contributed by atoms with Crippen molar-refractivity contribution < 1.29 is 9.13 Å². The summed E-state index contributed by atoms with van der Waals surface area (Å²) >= 11 is 3.20. The van der Waals surface area contributed by atoms with Crippen molar-refractivity contribution in [3.63, 3.8) is 0 Å². The molecule has 0 amide bonds. The second-order valence-electron chi connectivity index (χ2n) is 3.56. The van der Waals surface area contributed by atoms with E-state index in [-0.39, 0.29) is 11.7 Å². The standard InChI is InChI=1S/C9H12BrN3O3S/c1-6(5-17(2)16)12-9-7(10)3-11-4-8(9)13(14)15/h3-4,6H,5H2,1-2H3,(H,11,12). The fraction of sp³-hybridized carbons (Fsp3) is 0.444. The topological polar surface area (TPSA) is 85.1 Å². The van der Waals surface area contributed by atoms with Crippen LogP contribution in [0.1, 0.15) is 6.92 Å². The van der Waals surface area contributed by atoms with Gasteiger partial charge in [0.25, 0.3) is 0 Å². The van der Waals surface area contributed by atoms with Crippen LogP contribution in [0.5, 0.6) is 0 Å². The number of hydrogen-bond acceptors (Lipinski definition) is 5. The number of pyridine rings is 1. The fourth-order valence-electron chi connectivity index (χ4n) is 1.35. The highest BCUT2D eigenvalue weighted by Gasteiger charge is 2.19. The molecule has 0 bridgehead atoms. The van der Waals surface area contributed by atoms with Gasteiger partial charge in [-0.1, -0.05) is 0 Å². The van der Waals surface area contributed by atoms with E-state index in [9.17, 15) is 14.3 Å². The SMILES string of the molecule is CC(CS(C)=O)Nc1c(Br)cncc1[N+](=O)[O-]. The second kappa shape index (κ2) is 6.06. The number of nitrogens with one attached hydrogen (secondary N) is 1. The van der Waals surface area contributed by atoms with Crippen molar-refractivity contribution in [1.29, 1.82) is 0 Å². The number of nitrogens with zero attached hydrogens (tertiary/aromatic N) is 2. The van der Waals surface area contributed by atoms with Gasteiger partial charge in [-0.2, -0.15) is 0 Å². The predicted octanol–water partition coefficient (Wildman–Crippen LogP) is 1.93. The van der Waals surface area contributed by atoms with Gasteiger partial charge < -0.3 is 5.32 Å². The van der Waals surface area contributed by atoms with Gasteiger partial charge in [-0.3, -0.25) is 19.3 Å². The van der Waals surface area contributed by atoms with E-state index in [0.29, 0.717) is 15.9 Å². The van der Waals surface area contributed by atoms with Crippen molar-refractivity contribution in [3.05, 3.63) is 27.0 Å². The zero-order valence-electron chi connectivity index (χ0n) is 9.34. The number of halogens is 1. The van der Waals surface area contributed by atoms with E-state index < -0.39 is 15.7 Å². The molecule has 1 N–H and O–H groups in total. The van der Waals surface area contributed by atoms with Gasteiger partial charge in [0.15, 0.2) is 0 Å². The number of nitro groups is 1. The summed E-state index contributed by atoms with van der Waals surface area (Å²) in [6, 6.07) is -0.127. The number of anilines is 1. The van der Waals surface area contributed by atoms with Crippen LogP contribution in [-0.4, -0.2) is 32.2 Å². The lowest BCUT2D eigenvalue weighted by Crippen LogP contribution is -2.23. The van der Waals surface area contributed by atoms with Gasteiger partial charge >= 0.3 is 5.69 Å². The van der Waals surface area contributed by atoms with E-state index in [2.05, 4.69) is 26.2 Å². The number of aromatic nitrogens is 1. The molecule has 2 unspecified atom stereocenters. The first-order chi connectivity index (χ1) is 7.91. The molecular formula is C9H12BrN3O3S. The molecule has 0 saturated carbocycles. The van der Waals surface area contributed by atoms with Crippen LogP contribution in [0.15, 0.2) is 16.9 Å². The molecule has 1 heterocycles. The Morgan fingerprint density at radius 3 is 2.82 bits per heavy atom. The van der Waals surface area contributed by atoms with Gasteiger partial charge in [0.05, 0.1) is 9.40 Å². The molecule has 0 aliphatic heterocycles. The maximum absolute atomic E-state index is 11.1. The van der Waals surface area contributed by atoms with Crippen LogP contribution in [0.2, 0.25) is 0 Å². The van der Waals surface area contributed by atoms with Crippen molar-refractivity contribution in [2.75, 3.05) is 17.3 Å². The fourth-order valence-corrected chi connectivity index (χ4v) is 2.57. The molecular weight excluding hydrogens is 310 g/mol. The van der Waals surface area contributed by atoms with Gasteiger partial charge in [0.1, 0.15) is 11.9 Å². The van der Waals surface area contributed by atoms with Crippen LogP contribution in [0.4, 0.5) is 11.4 Å². The van der Waals surface area contributed by atoms with Crippen molar-refractivity contribution in [3.8, 4) is 0 Å². The molecule has 0 fully saturated rings. The first-order valence-corrected chi connectivity index (χ1v) is 7.28. The van der Waals surface area contributed by atoms with E-state index in [4.69, 9.17) is 0 Å². The molecule has 0 aromatic carbocycles. The van der Waals surface area contributed by atoms with Crippen LogP contribution < -0.4 is 5.32 Å². The maximum atomic E-state index is 11.1. The molecule has 17 heavy (non-hydrogen) atoms. The van der Waals surface area contributed by atoms with Gasteiger partial charge in [0, 0.05) is 35.0 Å². The largest absolute Gasteiger partial charge is 0.375 e. The zero-order chi connectivity index (χ0) is 13.0. The summed E-state index contributed by atoms with van der Waals surface area (Å²) in [7, 11) is -0.957. The van der Waals surface area contributed by atoms with Crippen molar-refractivity contribution in [2.45, 2.75) is 13.0 Å². The van der Waals surface area contributed by atoms with Gasteiger partial charge in [0.2, 0.25) is 0 Å². The molecule has 2 atom stereocenters. The summed E-state index contributed by atoms with van der Waals surface area (Å²) in [6.45, 7) is 1.82. The number of rotatable bonds is 5. The molecule has 6 nitrogen and oxygen atoms in total. The minimum atomic E-state index is -0.957. The highest BCUT2D eigenvalue weighted by molar-refractivity contribution is 9.10. The van der Waals surface area contributed by atoms with E-state index in [1.54, 1.807) is 6.26 Å². The monoisotopic (exact) mass is 321 g/mol. The minimum Gasteiger partial charge on any atom is -0.375 e. The Bertz CT molecular complexity index is 455. The highest BCUT2D eigenvalue weighted by Crippen LogP contribution is 2.31. The lowest BCUT2D eigenvalue weighted by molar-refractivity contribution is -0.384. The first kappa shape index (κ1) is 14.0. The minimum absolute atomic E-state index is 0.104. The van der Waals surface area contributed by atoms with E-state index >= 15 is 0 Å². The summed E-state index contributed by atoms with van der Waals surface area (Å²) in [5.41, 5.74) is 0.260. The molecule has 8 heteroatoms. The van der Waals surface area contributed by atoms with Gasteiger partial charge in [-0.05, 0) is 22.9 Å². The Hall–Kier alpha value is -1.02. The van der Waals surface area contributed by atoms with Crippen molar-refractivity contribution in [2.24, 2.45) is 0 Å². The lowest BCUT2D eigenvalue weighted by atomic mass is 10.3. The number of hydrogen-bond donors (Lipinski definition) is 1. The molecule has 94 valence electrons. The molecule has 0 aliphatic rings. The summed E-state index contributed by atoms with van der Waals surface area (Å²) in [4.78, 5) is 14.1. The third-order valence-electron chi connectivity index (χ3n) is 1.95. The average molecular weight is 322 g/mol. The third kappa shape index (κ3) is 4.04. The Labute approximate surface area is 110 Å². The Morgan fingerprint density at radius 1 is 1.65 bits per heavy atom. The molecule has 0 radical (unpaired) electrons. The van der Waals surface area contributed by atoms with Crippen LogP contribution in [0.3, 0.4) is 0 Å². The summed E-state index contributed by atoms with van der Waals surface area (Å²) in [5.74, 6) is 0.423. The van der Waals surface area contributed by atoms with E-state index in [0.717, 1.165) is 0 Å². The second-order valence-corrected chi connectivity index (χ2v) is 5.89. The van der Waals surface area contributed by atoms with Gasteiger partial charge in [-0.25, -0.2) is 0 Å². The molecule has 0 spiro atoms. The summed E-state index contributed by atoms with van der Waals surface area (Å²) in [6.07, 6.45) is 4.25. The average Bonchev–Trinajstić information content (AvgIpc) is 2.19. The quantitative estimate of drug-likeness (QED) is 0.661. The zero-order valence-corrected chi connectivity index (χ0v) is 11.7. The van der Waals surface area contributed by atoms with Crippen molar-refractivity contribution >= 4 is 38.1 Å². The van der Waals surface area contributed by atoms with Crippen molar-refractivity contribution in [1.82, 2.24) is 4.98 Å². The predicted molar refractivity (Wildman–Crippen MR) is 70.6 cm³/mol. The highest BCUT2D eigenvalue weighted by atomic mass is 79.9. The third-order valence-corrected chi connectivity index (χ3v) is 3.52. The van der Waals surface area contributed by atoms with Crippen LogP contribution in [0, 0.1) is 10.1 Å². The van der Waals surface area contributed by atoms with Crippen LogP contribution in [0.25, 0.3) is 0 Å². The normalized spacial score (nSPS) is 14.1. The Balaban J connectivity index is 2.96.